The van der Waals surface area contributed by atoms with E-state index < -0.39 is 33.7 Å². The molecule has 0 bridgehead atoms. The summed E-state index contributed by atoms with van der Waals surface area (Å²) in [5.41, 5.74) is 0.691. The van der Waals surface area contributed by atoms with Crippen molar-refractivity contribution in [2.24, 2.45) is 17.3 Å². The highest BCUT2D eigenvalue weighted by Crippen LogP contribution is 2.17. The first kappa shape index (κ1) is 25.9. The van der Waals surface area contributed by atoms with E-state index in [9.17, 15) is 23.1 Å². The van der Waals surface area contributed by atoms with Crippen LogP contribution in [0.5, 0.6) is 0 Å². The van der Waals surface area contributed by atoms with Gasteiger partial charge in [-0.15, -0.1) is 0 Å². The number of hydrogen-bond donors (Lipinski definition) is 2. The molecule has 6 nitrogen and oxygen atoms in total. The first-order chi connectivity index (χ1) is 13.8. The summed E-state index contributed by atoms with van der Waals surface area (Å²) >= 11 is 0. The topological polar surface area (TPSA) is 101 Å². The molecule has 30 heavy (non-hydrogen) atoms. The van der Waals surface area contributed by atoms with Gasteiger partial charge < -0.3 is 10.4 Å². The molecule has 1 aromatic rings. The molecule has 0 radical (unpaired) electrons. The van der Waals surface area contributed by atoms with Gasteiger partial charge in [-0.25, -0.2) is 13.2 Å². The van der Waals surface area contributed by atoms with E-state index in [0.29, 0.717) is 0 Å². The largest absolute Gasteiger partial charge is 0.480 e. The lowest BCUT2D eigenvalue weighted by Crippen LogP contribution is -2.46. The number of aliphatic carboxylic acids is 1. The first-order valence-electron chi connectivity index (χ1n) is 10.2. The lowest BCUT2D eigenvalue weighted by atomic mass is 9.97. The molecule has 0 heterocycles. The Morgan fingerprint density at radius 3 is 2.23 bits per heavy atom. The van der Waals surface area contributed by atoms with E-state index >= 15 is 0 Å². The Morgan fingerprint density at radius 2 is 1.73 bits per heavy atom. The number of allylic oxidation sites excluding steroid dienone is 1. The van der Waals surface area contributed by atoms with Crippen molar-refractivity contribution in [3.05, 3.63) is 48.0 Å². The Morgan fingerprint density at radius 1 is 1.13 bits per heavy atom. The zero-order chi connectivity index (χ0) is 22.9. The number of benzene rings is 1. The molecule has 0 aliphatic heterocycles. The third-order valence-corrected chi connectivity index (χ3v) is 6.05. The van der Waals surface area contributed by atoms with Gasteiger partial charge in [0, 0.05) is 0 Å². The number of carbonyl (C=O) groups is 2. The lowest BCUT2D eigenvalue weighted by Gasteiger charge is -2.21. The summed E-state index contributed by atoms with van der Waals surface area (Å²) < 4.78 is 25.3. The van der Waals surface area contributed by atoms with Crippen LogP contribution in [-0.2, 0) is 25.8 Å². The third-order valence-electron chi connectivity index (χ3n) is 4.44. The maximum Gasteiger partial charge on any atom is 0.326 e. The predicted octanol–water partition coefficient (Wildman–Crippen LogP) is 3.48. The van der Waals surface area contributed by atoms with E-state index in [-0.39, 0.29) is 35.7 Å². The number of amides is 1. The normalized spacial score (nSPS) is 14.6. The molecule has 0 saturated heterocycles. The lowest BCUT2D eigenvalue weighted by molar-refractivity contribution is -0.142. The van der Waals surface area contributed by atoms with E-state index in [1.165, 1.54) is 0 Å². The van der Waals surface area contributed by atoms with Gasteiger partial charge in [0.2, 0.25) is 5.91 Å². The molecule has 2 N–H and O–H groups in total. The van der Waals surface area contributed by atoms with Crippen molar-refractivity contribution in [1.82, 2.24) is 5.32 Å². The van der Waals surface area contributed by atoms with Gasteiger partial charge in [-0.3, -0.25) is 4.79 Å². The average Bonchev–Trinajstić information content (AvgIpc) is 2.59. The molecular weight excluding hydrogens is 402 g/mol. The second-order valence-electron chi connectivity index (χ2n) is 9.26. The monoisotopic (exact) mass is 437 g/mol. The van der Waals surface area contributed by atoms with Gasteiger partial charge in [-0.1, -0.05) is 77.1 Å². The Bertz CT molecular complexity index is 823. The number of carboxylic acids is 1. The summed E-state index contributed by atoms with van der Waals surface area (Å²) in [6.45, 7) is 9.67. The molecule has 1 rings (SSSR count). The SMILES string of the molecule is CC(C)CC(NC(=O)C(Cc1ccccc1)CS(=O)(=O)CC=CC(C)(C)C)C(=O)O. The summed E-state index contributed by atoms with van der Waals surface area (Å²) in [7, 11) is -3.54. The van der Waals surface area contributed by atoms with Gasteiger partial charge in [-0.05, 0) is 29.7 Å². The number of sulfone groups is 1. The maximum absolute atomic E-state index is 12.9. The van der Waals surface area contributed by atoms with Gasteiger partial charge in [0.05, 0.1) is 17.4 Å². The van der Waals surface area contributed by atoms with E-state index in [0.717, 1.165) is 5.56 Å². The number of carboxylic acid groups (broad SMARTS) is 1. The fraction of sp³-hybridized carbons (Fsp3) is 0.565. The second-order valence-corrected chi connectivity index (χ2v) is 11.4. The summed E-state index contributed by atoms with van der Waals surface area (Å²) in [4.78, 5) is 24.4. The Balaban J connectivity index is 3.02. The van der Waals surface area contributed by atoms with Crippen LogP contribution in [0.25, 0.3) is 0 Å². The van der Waals surface area contributed by atoms with Crippen LogP contribution in [0.3, 0.4) is 0 Å². The molecule has 0 aliphatic rings. The summed E-state index contributed by atoms with van der Waals surface area (Å²) in [6.07, 6.45) is 3.95. The fourth-order valence-electron chi connectivity index (χ4n) is 3.03. The van der Waals surface area contributed by atoms with Gasteiger partial charge in [0.15, 0.2) is 9.84 Å². The van der Waals surface area contributed by atoms with Crippen LogP contribution in [0.1, 0.15) is 46.6 Å². The number of nitrogens with one attached hydrogen (secondary N) is 1. The summed E-state index contributed by atoms with van der Waals surface area (Å²) in [6, 6.07) is 8.10. The molecule has 0 fully saturated rings. The zero-order valence-corrected chi connectivity index (χ0v) is 19.4. The van der Waals surface area contributed by atoms with Gasteiger partial charge in [0.25, 0.3) is 0 Å². The standard InChI is InChI=1S/C23H35NO5S/c1-17(2)14-20(22(26)27)24-21(25)19(15-18-10-7-6-8-11-18)16-30(28,29)13-9-12-23(3,4)5/h6-12,17,19-20H,13-16H2,1-5H3,(H,24,25)(H,26,27). The van der Waals surface area contributed by atoms with E-state index in [4.69, 9.17) is 0 Å². The van der Waals surface area contributed by atoms with Crippen LogP contribution >= 0.6 is 0 Å². The van der Waals surface area contributed by atoms with Crippen LogP contribution in [-0.4, -0.2) is 42.9 Å². The van der Waals surface area contributed by atoms with Crippen molar-refractivity contribution in [1.29, 1.82) is 0 Å². The molecule has 1 aromatic carbocycles. The van der Waals surface area contributed by atoms with Crippen molar-refractivity contribution >= 4 is 21.7 Å². The van der Waals surface area contributed by atoms with Crippen LogP contribution < -0.4 is 5.32 Å². The van der Waals surface area contributed by atoms with Crippen molar-refractivity contribution in [2.45, 2.75) is 53.5 Å². The summed E-state index contributed by atoms with van der Waals surface area (Å²) in [5, 5.41) is 12.0. The number of carbonyl (C=O) groups excluding carboxylic acids is 1. The molecule has 2 unspecified atom stereocenters. The van der Waals surface area contributed by atoms with Crippen LogP contribution in [0.15, 0.2) is 42.5 Å². The highest BCUT2D eigenvalue weighted by molar-refractivity contribution is 7.91. The van der Waals surface area contributed by atoms with Gasteiger partial charge >= 0.3 is 5.97 Å². The summed E-state index contributed by atoms with van der Waals surface area (Å²) in [5.74, 6) is -2.95. The smallest absolute Gasteiger partial charge is 0.326 e. The first-order valence-corrected chi connectivity index (χ1v) is 12.1. The van der Waals surface area contributed by atoms with Gasteiger partial charge in [-0.2, -0.15) is 0 Å². The highest BCUT2D eigenvalue weighted by Gasteiger charge is 2.29. The zero-order valence-electron chi connectivity index (χ0n) is 18.6. The molecule has 7 heteroatoms. The fourth-order valence-corrected chi connectivity index (χ4v) is 4.44. The molecule has 1 amide bonds. The quantitative estimate of drug-likeness (QED) is 0.516. The second kappa shape index (κ2) is 11.3. The van der Waals surface area contributed by atoms with Crippen molar-refractivity contribution < 1.29 is 23.1 Å². The van der Waals surface area contributed by atoms with E-state index in [1.54, 1.807) is 6.08 Å². The Hall–Kier alpha value is -2.15. The molecule has 0 aliphatic carbocycles. The molecule has 0 spiro atoms. The van der Waals surface area contributed by atoms with Crippen LogP contribution in [0, 0.1) is 17.3 Å². The van der Waals surface area contributed by atoms with Crippen molar-refractivity contribution in [3.8, 4) is 0 Å². The van der Waals surface area contributed by atoms with Crippen molar-refractivity contribution in [2.75, 3.05) is 11.5 Å². The van der Waals surface area contributed by atoms with E-state index in [2.05, 4.69) is 5.32 Å². The van der Waals surface area contributed by atoms with Crippen LogP contribution in [0.2, 0.25) is 0 Å². The molecular formula is C23H35NO5S. The Labute approximate surface area is 180 Å². The van der Waals surface area contributed by atoms with Crippen LogP contribution in [0.4, 0.5) is 0 Å². The van der Waals surface area contributed by atoms with E-state index in [1.807, 2.05) is 71.0 Å². The predicted molar refractivity (Wildman–Crippen MR) is 120 cm³/mol. The minimum atomic E-state index is -3.54. The molecule has 168 valence electrons. The maximum atomic E-state index is 12.9. The Kier molecular flexibility index (Phi) is 9.75. The average molecular weight is 438 g/mol. The van der Waals surface area contributed by atoms with Crippen molar-refractivity contribution in [3.63, 3.8) is 0 Å². The molecule has 0 aromatic heterocycles. The highest BCUT2D eigenvalue weighted by atomic mass is 32.2. The minimum absolute atomic E-state index is 0.0743. The van der Waals surface area contributed by atoms with Gasteiger partial charge in [0.1, 0.15) is 6.04 Å². The minimum Gasteiger partial charge on any atom is -0.480 e. The molecule has 2 atom stereocenters. The number of rotatable bonds is 11. The molecule has 0 saturated carbocycles. The number of hydrogen-bond acceptors (Lipinski definition) is 4. The third kappa shape index (κ3) is 10.6.